The number of allylic oxidation sites excluding steroid dienone is 3. The summed E-state index contributed by atoms with van der Waals surface area (Å²) >= 11 is 0. The summed E-state index contributed by atoms with van der Waals surface area (Å²) in [5.74, 6) is -0.163. The molecule has 0 bridgehead atoms. The molecule has 5 heteroatoms. The molecule has 2 aromatic rings. The minimum absolute atomic E-state index is 0.0228. The van der Waals surface area contributed by atoms with Gasteiger partial charge in [0, 0.05) is 29.3 Å². The van der Waals surface area contributed by atoms with E-state index in [0.717, 1.165) is 29.9 Å². The SMILES string of the molecule is CC1=C(C(=O)O)C(c2ccc(Oc3ccccc3)cc2)C2=C(CCCC2=O)N1. The minimum atomic E-state index is -1.01. The first-order valence-corrected chi connectivity index (χ1v) is 9.35. The number of rotatable bonds is 4. The Morgan fingerprint density at radius 3 is 2.39 bits per heavy atom. The molecular formula is C23H21NO4. The second-order valence-corrected chi connectivity index (χ2v) is 7.05. The molecule has 1 aliphatic carbocycles. The average Bonchev–Trinajstić information content (AvgIpc) is 2.68. The van der Waals surface area contributed by atoms with Crippen LogP contribution in [-0.4, -0.2) is 16.9 Å². The van der Waals surface area contributed by atoms with Gasteiger partial charge in [0.05, 0.1) is 5.57 Å². The molecule has 0 spiro atoms. The normalized spacial score (nSPS) is 19.2. The van der Waals surface area contributed by atoms with E-state index in [1.807, 2.05) is 54.6 Å². The van der Waals surface area contributed by atoms with E-state index in [4.69, 9.17) is 4.74 Å². The molecule has 2 aromatic carbocycles. The summed E-state index contributed by atoms with van der Waals surface area (Å²) in [5, 5.41) is 13.0. The van der Waals surface area contributed by atoms with Crippen molar-refractivity contribution in [3.8, 4) is 11.5 Å². The highest BCUT2D eigenvalue weighted by atomic mass is 16.5. The van der Waals surface area contributed by atoms with Crippen LogP contribution >= 0.6 is 0 Å². The van der Waals surface area contributed by atoms with Gasteiger partial charge < -0.3 is 15.2 Å². The predicted molar refractivity (Wildman–Crippen MR) is 105 cm³/mol. The molecule has 0 amide bonds. The fourth-order valence-corrected chi connectivity index (χ4v) is 3.95. The Labute approximate surface area is 163 Å². The Hall–Kier alpha value is -3.34. The van der Waals surface area contributed by atoms with Crippen molar-refractivity contribution in [2.45, 2.75) is 32.1 Å². The van der Waals surface area contributed by atoms with Crippen LogP contribution in [0, 0.1) is 0 Å². The van der Waals surface area contributed by atoms with Gasteiger partial charge in [0.1, 0.15) is 11.5 Å². The third-order valence-electron chi connectivity index (χ3n) is 5.20. The van der Waals surface area contributed by atoms with Gasteiger partial charge in [0.2, 0.25) is 0 Å². The molecule has 2 N–H and O–H groups in total. The Balaban J connectivity index is 1.71. The van der Waals surface area contributed by atoms with Crippen molar-refractivity contribution in [1.29, 1.82) is 0 Å². The van der Waals surface area contributed by atoms with Gasteiger partial charge in [-0.15, -0.1) is 0 Å². The molecule has 1 atom stereocenters. The summed E-state index contributed by atoms with van der Waals surface area (Å²) < 4.78 is 5.82. The van der Waals surface area contributed by atoms with Crippen LogP contribution in [0.3, 0.4) is 0 Å². The lowest BCUT2D eigenvalue weighted by molar-refractivity contribution is -0.133. The number of hydrogen-bond donors (Lipinski definition) is 2. The second-order valence-electron chi connectivity index (χ2n) is 7.05. The average molecular weight is 375 g/mol. The fraction of sp³-hybridized carbons (Fsp3) is 0.217. The highest BCUT2D eigenvalue weighted by Crippen LogP contribution is 2.42. The molecule has 1 unspecified atom stereocenters. The second kappa shape index (κ2) is 7.35. The Bertz CT molecular complexity index is 987. The van der Waals surface area contributed by atoms with Gasteiger partial charge in [-0.25, -0.2) is 4.79 Å². The highest BCUT2D eigenvalue weighted by molar-refractivity contribution is 6.03. The van der Waals surface area contributed by atoms with Crippen LogP contribution < -0.4 is 10.1 Å². The summed E-state index contributed by atoms with van der Waals surface area (Å²) in [6.07, 6.45) is 2.01. The number of Topliss-reactive ketones (excluding diaryl/α,β-unsaturated/α-hetero) is 1. The number of benzene rings is 2. The van der Waals surface area contributed by atoms with E-state index in [-0.39, 0.29) is 11.4 Å². The van der Waals surface area contributed by atoms with E-state index in [1.54, 1.807) is 6.92 Å². The van der Waals surface area contributed by atoms with E-state index in [1.165, 1.54) is 0 Å². The molecule has 5 nitrogen and oxygen atoms in total. The number of carbonyl (C=O) groups excluding carboxylic acids is 1. The zero-order valence-corrected chi connectivity index (χ0v) is 15.6. The maximum absolute atomic E-state index is 12.7. The van der Waals surface area contributed by atoms with Crippen molar-refractivity contribution in [3.05, 3.63) is 82.7 Å². The van der Waals surface area contributed by atoms with Gasteiger partial charge in [0.25, 0.3) is 0 Å². The monoisotopic (exact) mass is 375 g/mol. The number of carboxylic acid groups (broad SMARTS) is 1. The molecule has 142 valence electrons. The number of para-hydroxylation sites is 1. The fourth-order valence-electron chi connectivity index (χ4n) is 3.95. The standard InChI is InChI=1S/C23H21NO4/c1-14-20(23(26)27)21(22-18(24-14)8-5-9-19(22)25)15-10-12-17(13-11-15)28-16-6-3-2-4-7-16/h2-4,6-7,10-13,21,24H,5,8-9H2,1H3,(H,26,27). The number of carboxylic acids is 1. The van der Waals surface area contributed by atoms with E-state index in [0.29, 0.717) is 23.4 Å². The van der Waals surface area contributed by atoms with E-state index in [9.17, 15) is 14.7 Å². The Kier molecular flexibility index (Phi) is 4.74. The Morgan fingerprint density at radius 2 is 1.71 bits per heavy atom. The molecule has 1 aliphatic heterocycles. The number of ketones is 1. The van der Waals surface area contributed by atoms with Gasteiger partial charge in [-0.3, -0.25) is 4.79 Å². The lowest BCUT2D eigenvalue weighted by atomic mass is 9.75. The van der Waals surface area contributed by atoms with Crippen molar-refractivity contribution in [1.82, 2.24) is 5.32 Å². The largest absolute Gasteiger partial charge is 0.478 e. The molecule has 0 radical (unpaired) electrons. The molecule has 0 fully saturated rings. The van der Waals surface area contributed by atoms with Crippen LogP contribution in [0.2, 0.25) is 0 Å². The predicted octanol–water partition coefficient (Wildman–Crippen LogP) is 4.53. The molecule has 28 heavy (non-hydrogen) atoms. The third kappa shape index (κ3) is 3.31. The first-order chi connectivity index (χ1) is 13.5. The molecule has 0 saturated heterocycles. The van der Waals surface area contributed by atoms with E-state index in [2.05, 4.69) is 5.32 Å². The van der Waals surface area contributed by atoms with Gasteiger partial charge in [-0.05, 0) is 49.6 Å². The molecular weight excluding hydrogens is 354 g/mol. The molecule has 1 heterocycles. The molecule has 4 rings (SSSR count). The summed E-state index contributed by atoms with van der Waals surface area (Å²) in [6.45, 7) is 1.76. The Morgan fingerprint density at radius 1 is 1.04 bits per heavy atom. The van der Waals surface area contributed by atoms with Crippen LogP contribution in [0.25, 0.3) is 0 Å². The summed E-state index contributed by atoms with van der Waals surface area (Å²) in [6, 6.07) is 16.8. The summed E-state index contributed by atoms with van der Waals surface area (Å²) in [7, 11) is 0. The van der Waals surface area contributed by atoms with E-state index < -0.39 is 11.9 Å². The van der Waals surface area contributed by atoms with Crippen LogP contribution in [0.4, 0.5) is 0 Å². The first-order valence-electron chi connectivity index (χ1n) is 9.35. The number of nitrogens with one attached hydrogen (secondary N) is 1. The quantitative estimate of drug-likeness (QED) is 0.821. The van der Waals surface area contributed by atoms with Gasteiger partial charge in [-0.1, -0.05) is 30.3 Å². The number of hydrogen-bond acceptors (Lipinski definition) is 4. The number of ether oxygens (including phenoxy) is 1. The van der Waals surface area contributed by atoms with Crippen LogP contribution in [0.1, 0.15) is 37.7 Å². The summed E-state index contributed by atoms with van der Waals surface area (Å²) in [4.78, 5) is 24.6. The van der Waals surface area contributed by atoms with Crippen molar-refractivity contribution in [3.63, 3.8) is 0 Å². The zero-order chi connectivity index (χ0) is 19.7. The lowest BCUT2D eigenvalue weighted by Gasteiger charge is -2.33. The smallest absolute Gasteiger partial charge is 0.334 e. The molecule has 0 saturated carbocycles. The van der Waals surface area contributed by atoms with Crippen molar-refractivity contribution in [2.24, 2.45) is 0 Å². The van der Waals surface area contributed by atoms with Gasteiger partial charge in [0.15, 0.2) is 5.78 Å². The summed E-state index contributed by atoms with van der Waals surface area (Å²) in [5.41, 5.74) is 3.04. The van der Waals surface area contributed by atoms with Crippen LogP contribution in [-0.2, 0) is 9.59 Å². The van der Waals surface area contributed by atoms with Crippen LogP contribution in [0.5, 0.6) is 11.5 Å². The van der Waals surface area contributed by atoms with Gasteiger partial charge in [-0.2, -0.15) is 0 Å². The zero-order valence-electron chi connectivity index (χ0n) is 15.6. The minimum Gasteiger partial charge on any atom is -0.478 e. The highest BCUT2D eigenvalue weighted by Gasteiger charge is 2.38. The number of aliphatic carboxylic acids is 1. The van der Waals surface area contributed by atoms with Gasteiger partial charge >= 0.3 is 5.97 Å². The lowest BCUT2D eigenvalue weighted by Crippen LogP contribution is -2.33. The van der Waals surface area contributed by atoms with Crippen molar-refractivity contribution in [2.75, 3.05) is 0 Å². The number of carbonyl (C=O) groups is 2. The third-order valence-corrected chi connectivity index (χ3v) is 5.20. The molecule has 0 aromatic heterocycles. The maximum atomic E-state index is 12.7. The van der Waals surface area contributed by atoms with E-state index >= 15 is 0 Å². The number of dihydropyridines is 1. The maximum Gasteiger partial charge on any atom is 0.334 e. The first kappa shape index (κ1) is 18.0. The topological polar surface area (TPSA) is 75.6 Å². The van der Waals surface area contributed by atoms with Crippen LogP contribution in [0.15, 0.2) is 77.1 Å². The molecule has 2 aliphatic rings. The van der Waals surface area contributed by atoms with Crippen molar-refractivity contribution >= 4 is 11.8 Å². The van der Waals surface area contributed by atoms with Crippen molar-refractivity contribution < 1.29 is 19.4 Å².